The molecule has 0 bridgehead atoms. The summed E-state index contributed by atoms with van der Waals surface area (Å²) in [5, 5.41) is 0. The van der Waals surface area contributed by atoms with Gasteiger partial charge in [0.2, 0.25) is 0 Å². The number of aromatic nitrogens is 2. The third kappa shape index (κ3) is 3.62. The van der Waals surface area contributed by atoms with E-state index in [9.17, 15) is 4.79 Å². The molecule has 0 atom stereocenters. The summed E-state index contributed by atoms with van der Waals surface area (Å²) in [6, 6.07) is 7.43. The molecule has 0 aliphatic carbocycles. The number of imidazole rings is 1. The van der Waals surface area contributed by atoms with Crippen molar-refractivity contribution in [2.45, 2.75) is 20.4 Å². The molecule has 3 rings (SSSR count). The Bertz CT molecular complexity index is 870. The topological polar surface area (TPSA) is 46.8 Å². The molecular weight excluding hydrogens is 390 g/mol. The van der Waals surface area contributed by atoms with Crippen LogP contribution in [-0.2, 0) is 11.3 Å². The van der Waals surface area contributed by atoms with Crippen molar-refractivity contribution in [1.82, 2.24) is 14.3 Å². The fourth-order valence-corrected chi connectivity index (χ4v) is 3.55. The monoisotopic (exact) mass is 407 g/mol. The van der Waals surface area contributed by atoms with E-state index in [4.69, 9.17) is 4.74 Å². The molecule has 0 radical (unpaired) electrons. The number of hydrogen-bond acceptors (Lipinski definition) is 4. The molecule has 0 N–H and O–H groups in total. The Morgan fingerprint density at radius 2 is 2.04 bits per heavy atom. The minimum absolute atomic E-state index is 0.0157. The van der Waals surface area contributed by atoms with E-state index >= 15 is 0 Å². The van der Waals surface area contributed by atoms with Crippen molar-refractivity contribution in [3.05, 3.63) is 51.2 Å². The van der Waals surface area contributed by atoms with Gasteiger partial charge in [-0.2, -0.15) is 0 Å². The molecule has 24 heavy (non-hydrogen) atoms. The highest BCUT2D eigenvalue weighted by atomic mass is 79.9. The molecule has 0 aliphatic heterocycles. The highest BCUT2D eigenvalue weighted by Crippen LogP contribution is 2.21. The minimum atomic E-state index is -0.0702. The number of thiazole rings is 1. The molecule has 3 aromatic rings. The number of amides is 1. The lowest BCUT2D eigenvalue weighted by Gasteiger charge is -2.17. The van der Waals surface area contributed by atoms with Crippen molar-refractivity contribution >= 4 is 38.1 Å². The van der Waals surface area contributed by atoms with E-state index in [0.717, 1.165) is 20.8 Å². The zero-order chi connectivity index (χ0) is 17.3. The van der Waals surface area contributed by atoms with Crippen molar-refractivity contribution in [2.24, 2.45) is 0 Å². The summed E-state index contributed by atoms with van der Waals surface area (Å²) in [5.74, 6) is 0.607. The number of aryl methyl sites for hydroxylation is 2. The van der Waals surface area contributed by atoms with Crippen LogP contribution in [-0.4, -0.2) is 33.8 Å². The van der Waals surface area contributed by atoms with Crippen LogP contribution in [0.2, 0.25) is 0 Å². The number of hydrogen-bond donors (Lipinski definition) is 0. The van der Waals surface area contributed by atoms with Crippen molar-refractivity contribution in [3.8, 4) is 5.75 Å². The smallest absolute Gasteiger partial charge is 0.260 e. The van der Waals surface area contributed by atoms with Gasteiger partial charge in [0.05, 0.1) is 17.9 Å². The molecule has 0 saturated carbocycles. The summed E-state index contributed by atoms with van der Waals surface area (Å²) in [6.07, 6.45) is 2.06. The number of carbonyl (C=O) groups is 1. The molecule has 1 aromatic carbocycles. The molecule has 0 fully saturated rings. The molecule has 5 nitrogen and oxygen atoms in total. The Morgan fingerprint density at radius 3 is 2.75 bits per heavy atom. The first kappa shape index (κ1) is 17.0. The summed E-state index contributed by atoms with van der Waals surface area (Å²) in [6.45, 7) is 4.55. The van der Waals surface area contributed by atoms with E-state index in [1.165, 1.54) is 4.88 Å². The highest BCUT2D eigenvalue weighted by molar-refractivity contribution is 9.10. The largest absolute Gasteiger partial charge is 0.484 e. The van der Waals surface area contributed by atoms with Crippen molar-refractivity contribution in [3.63, 3.8) is 0 Å². The molecule has 0 spiro atoms. The zero-order valence-corrected chi connectivity index (χ0v) is 16.1. The number of fused-ring (bicyclic) bond motifs is 1. The van der Waals surface area contributed by atoms with Crippen LogP contribution in [0.1, 0.15) is 16.3 Å². The average molecular weight is 408 g/mol. The minimum Gasteiger partial charge on any atom is -0.484 e. The number of benzene rings is 1. The molecule has 2 aromatic heterocycles. The third-order valence-corrected chi connectivity index (χ3v) is 5.16. The van der Waals surface area contributed by atoms with Crippen molar-refractivity contribution in [1.29, 1.82) is 0 Å². The summed E-state index contributed by atoms with van der Waals surface area (Å²) in [5.41, 5.74) is 1.99. The van der Waals surface area contributed by atoms with Crippen LogP contribution in [0.4, 0.5) is 0 Å². The van der Waals surface area contributed by atoms with Gasteiger partial charge in [0.1, 0.15) is 5.75 Å². The maximum Gasteiger partial charge on any atom is 0.260 e. The number of ether oxygens (including phenoxy) is 1. The number of likely N-dealkylation sites (N-methyl/N-ethyl adjacent to an activating group) is 1. The summed E-state index contributed by atoms with van der Waals surface area (Å²) < 4.78 is 8.59. The van der Waals surface area contributed by atoms with Gasteiger partial charge in [-0.15, -0.1) is 11.3 Å². The standard InChI is InChI=1S/C17H18BrN3O2S/c1-11-8-21-15(12(2)19-17(21)24-11)9-20(3)16(22)10-23-14-6-4-13(18)5-7-14/h4-8H,9-10H2,1-3H3. The maximum absolute atomic E-state index is 12.3. The van der Waals surface area contributed by atoms with E-state index in [2.05, 4.69) is 38.4 Å². The van der Waals surface area contributed by atoms with Gasteiger partial charge in [-0.1, -0.05) is 15.9 Å². The van der Waals surface area contributed by atoms with Crippen LogP contribution in [0.25, 0.3) is 4.96 Å². The SMILES string of the molecule is Cc1cn2c(CN(C)C(=O)COc3ccc(Br)cc3)c(C)nc2s1. The summed E-state index contributed by atoms with van der Waals surface area (Å²) >= 11 is 5.02. The quantitative estimate of drug-likeness (QED) is 0.645. The fraction of sp³-hybridized carbons (Fsp3) is 0.294. The second-order valence-electron chi connectivity index (χ2n) is 5.63. The van der Waals surface area contributed by atoms with Gasteiger partial charge in [0.15, 0.2) is 11.6 Å². The first-order valence-corrected chi connectivity index (χ1v) is 9.11. The van der Waals surface area contributed by atoms with Crippen LogP contribution in [0, 0.1) is 13.8 Å². The van der Waals surface area contributed by atoms with E-state index in [-0.39, 0.29) is 12.5 Å². The normalized spacial score (nSPS) is 11.0. The molecule has 1 amide bonds. The van der Waals surface area contributed by atoms with Crippen LogP contribution >= 0.6 is 27.3 Å². The lowest BCUT2D eigenvalue weighted by molar-refractivity contribution is -0.132. The Kier molecular flexibility index (Phi) is 4.91. The Balaban J connectivity index is 1.64. The lowest BCUT2D eigenvalue weighted by Crippen LogP contribution is -2.31. The fourth-order valence-electron chi connectivity index (χ4n) is 2.40. The summed E-state index contributed by atoms with van der Waals surface area (Å²) in [7, 11) is 1.78. The number of nitrogens with zero attached hydrogens (tertiary/aromatic N) is 3. The van der Waals surface area contributed by atoms with Crippen LogP contribution in [0.3, 0.4) is 0 Å². The van der Waals surface area contributed by atoms with Gasteiger partial charge in [-0.05, 0) is 38.1 Å². The Labute approximate surface area is 153 Å². The molecule has 0 aliphatic rings. The average Bonchev–Trinajstić information content (AvgIpc) is 3.03. The Hall–Kier alpha value is -1.86. The molecule has 7 heteroatoms. The predicted molar refractivity (Wildman–Crippen MR) is 98.7 cm³/mol. The van der Waals surface area contributed by atoms with Gasteiger partial charge >= 0.3 is 0 Å². The van der Waals surface area contributed by atoms with Crippen molar-refractivity contribution in [2.75, 3.05) is 13.7 Å². The van der Waals surface area contributed by atoms with Crippen LogP contribution < -0.4 is 4.74 Å². The molecule has 2 heterocycles. The van der Waals surface area contributed by atoms with Crippen molar-refractivity contribution < 1.29 is 9.53 Å². The first-order valence-electron chi connectivity index (χ1n) is 7.50. The predicted octanol–water partition coefficient (Wildman–Crippen LogP) is 3.81. The highest BCUT2D eigenvalue weighted by Gasteiger charge is 2.16. The van der Waals surface area contributed by atoms with E-state index < -0.39 is 0 Å². The second kappa shape index (κ2) is 6.94. The van der Waals surface area contributed by atoms with E-state index in [0.29, 0.717) is 12.3 Å². The van der Waals surface area contributed by atoms with Crippen LogP contribution in [0.15, 0.2) is 34.9 Å². The number of carbonyl (C=O) groups excluding carboxylic acids is 1. The zero-order valence-electron chi connectivity index (χ0n) is 13.7. The molecule has 0 unspecified atom stereocenters. The van der Waals surface area contributed by atoms with Gasteiger partial charge in [-0.25, -0.2) is 4.98 Å². The van der Waals surface area contributed by atoms with Gasteiger partial charge < -0.3 is 9.64 Å². The number of halogens is 1. The Morgan fingerprint density at radius 1 is 1.33 bits per heavy atom. The van der Waals surface area contributed by atoms with E-state index in [1.54, 1.807) is 23.3 Å². The number of rotatable bonds is 5. The third-order valence-electron chi connectivity index (χ3n) is 3.73. The molecular formula is C17H18BrN3O2S. The van der Waals surface area contributed by atoms with Gasteiger partial charge in [-0.3, -0.25) is 9.20 Å². The van der Waals surface area contributed by atoms with Crippen LogP contribution in [0.5, 0.6) is 5.75 Å². The molecule has 126 valence electrons. The second-order valence-corrected chi connectivity index (χ2v) is 7.76. The first-order chi connectivity index (χ1) is 11.4. The maximum atomic E-state index is 12.3. The lowest BCUT2D eigenvalue weighted by atomic mass is 10.3. The summed E-state index contributed by atoms with van der Waals surface area (Å²) in [4.78, 5) is 20.7. The van der Waals surface area contributed by atoms with Gasteiger partial charge in [0.25, 0.3) is 5.91 Å². The van der Waals surface area contributed by atoms with E-state index in [1.807, 2.05) is 31.2 Å². The molecule has 0 saturated heterocycles. The van der Waals surface area contributed by atoms with Gasteiger partial charge in [0, 0.05) is 22.6 Å².